The number of carboxylic acid groups (broad SMARTS) is 1. The molecule has 2 fully saturated rings. The third kappa shape index (κ3) is 7.01. The first kappa shape index (κ1) is 34.0. The third-order valence-electron chi connectivity index (χ3n) is 8.17. The minimum absolute atomic E-state index is 0.0351. The van der Waals surface area contributed by atoms with Gasteiger partial charge in [0.15, 0.2) is 5.76 Å². The number of hydrogen-bond donors (Lipinski definition) is 1. The van der Waals surface area contributed by atoms with Gasteiger partial charge in [0.25, 0.3) is 0 Å². The Kier molecular flexibility index (Phi) is 9.68. The van der Waals surface area contributed by atoms with E-state index in [1.807, 2.05) is 18.7 Å². The van der Waals surface area contributed by atoms with E-state index in [0.717, 1.165) is 18.7 Å². The van der Waals surface area contributed by atoms with E-state index in [-0.39, 0.29) is 35.6 Å². The van der Waals surface area contributed by atoms with Crippen molar-refractivity contribution in [2.24, 2.45) is 5.92 Å². The standard InChI is InChI=1S/C27H35N5O5S.C2HF3O2/c1-16-7-8-17(2)24(13-16)30-9-11-31(12-10-30)27(33)23-15-32(14-22(23)25-18(3)28-36-20(25)5)38(34,35)26-19(4)29-37-21(26)6;3-2(4,5)1(6)7/h7-8,13,22-23H,9-12,14-15H2,1-6H3;(H,6,7)/t22-,23?;/m1./s1. The number of aliphatic carboxylic acids is 1. The maximum atomic E-state index is 14.0. The summed E-state index contributed by atoms with van der Waals surface area (Å²) in [5.74, 6) is -2.84. The summed E-state index contributed by atoms with van der Waals surface area (Å²) >= 11 is 0. The summed E-state index contributed by atoms with van der Waals surface area (Å²) in [5, 5.41) is 15.1. The van der Waals surface area contributed by atoms with Crippen molar-refractivity contribution in [3.63, 3.8) is 0 Å². The zero-order valence-corrected chi connectivity index (χ0v) is 26.6. The van der Waals surface area contributed by atoms with Crippen LogP contribution in [0.4, 0.5) is 18.9 Å². The van der Waals surface area contributed by atoms with Crippen molar-refractivity contribution in [1.29, 1.82) is 0 Å². The lowest BCUT2D eigenvalue weighted by Gasteiger charge is -2.38. The van der Waals surface area contributed by atoms with Gasteiger partial charge in [-0.2, -0.15) is 17.5 Å². The molecule has 16 heteroatoms. The molecular formula is C29H36F3N5O7S. The number of rotatable bonds is 5. The molecule has 2 aliphatic rings. The first-order valence-electron chi connectivity index (χ1n) is 14.2. The van der Waals surface area contributed by atoms with Gasteiger partial charge in [-0.1, -0.05) is 22.4 Å². The van der Waals surface area contributed by atoms with E-state index in [1.165, 1.54) is 21.1 Å². The fraction of sp³-hybridized carbons (Fsp3) is 0.517. The monoisotopic (exact) mass is 655 g/mol. The highest BCUT2D eigenvalue weighted by Crippen LogP contribution is 2.40. The predicted molar refractivity (Wildman–Crippen MR) is 155 cm³/mol. The van der Waals surface area contributed by atoms with E-state index in [0.29, 0.717) is 30.2 Å². The number of carbonyl (C=O) groups excluding carboxylic acids is 1. The Hall–Kier alpha value is -3.92. The summed E-state index contributed by atoms with van der Waals surface area (Å²) in [7, 11) is -3.91. The molecule has 0 saturated carbocycles. The SMILES string of the molecule is Cc1ccc(C)c(N2CCN(C(=O)C3CN(S(=O)(=O)c4c(C)noc4C)C[C@H]3c3c(C)noc3C)CC2)c1.O=C(O)C(F)(F)F. The molecule has 3 aromatic rings. The number of aromatic nitrogens is 2. The average Bonchev–Trinajstić information content (AvgIpc) is 3.66. The van der Waals surface area contributed by atoms with Crippen LogP contribution >= 0.6 is 0 Å². The number of benzene rings is 1. The van der Waals surface area contributed by atoms with Crippen LogP contribution in [0.25, 0.3) is 0 Å². The molecule has 2 aliphatic heterocycles. The number of anilines is 1. The molecule has 0 bridgehead atoms. The van der Waals surface area contributed by atoms with Crippen molar-refractivity contribution in [3.05, 3.63) is 57.8 Å². The minimum Gasteiger partial charge on any atom is -0.475 e. The van der Waals surface area contributed by atoms with E-state index >= 15 is 0 Å². The van der Waals surface area contributed by atoms with Crippen LogP contribution in [0.1, 0.15) is 45.5 Å². The van der Waals surface area contributed by atoms with Crippen LogP contribution in [0.15, 0.2) is 32.1 Å². The highest BCUT2D eigenvalue weighted by Gasteiger charge is 2.48. The molecule has 2 aromatic heterocycles. The molecule has 0 aliphatic carbocycles. The van der Waals surface area contributed by atoms with Crippen LogP contribution in [0.5, 0.6) is 0 Å². The summed E-state index contributed by atoms with van der Waals surface area (Å²) in [5.41, 5.74) is 5.43. The number of aryl methyl sites for hydroxylation is 6. The molecule has 45 heavy (non-hydrogen) atoms. The molecule has 0 spiro atoms. The number of alkyl halides is 3. The lowest BCUT2D eigenvalue weighted by Crippen LogP contribution is -2.51. The van der Waals surface area contributed by atoms with Gasteiger partial charge in [-0.25, -0.2) is 13.2 Å². The zero-order chi connectivity index (χ0) is 33.4. The summed E-state index contributed by atoms with van der Waals surface area (Å²) in [6, 6.07) is 6.42. The number of carbonyl (C=O) groups is 2. The Morgan fingerprint density at radius 3 is 2.00 bits per heavy atom. The van der Waals surface area contributed by atoms with Crippen LogP contribution in [0, 0.1) is 47.5 Å². The quantitative estimate of drug-likeness (QED) is 0.429. The Labute approximate surface area is 258 Å². The number of nitrogens with zero attached hydrogens (tertiary/aromatic N) is 5. The van der Waals surface area contributed by atoms with Crippen LogP contribution < -0.4 is 4.90 Å². The number of carboxylic acids is 1. The number of halogens is 3. The molecule has 1 N–H and O–H groups in total. The number of amides is 1. The number of hydrogen-bond acceptors (Lipinski definition) is 9. The van der Waals surface area contributed by atoms with Gasteiger partial charge in [-0.15, -0.1) is 0 Å². The normalized spacial score (nSPS) is 19.4. The fourth-order valence-electron chi connectivity index (χ4n) is 5.96. The van der Waals surface area contributed by atoms with Crippen molar-refractivity contribution < 1.29 is 45.3 Å². The molecule has 0 radical (unpaired) electrons. The van der Waals surface area contributed by atoms with E-state index in [9.17, 15) is 26.4 Å². The van der Waals surface area contributed by atoms with Crippen molar-refractivity contribution in [2.45, 2.75) is 58.5 Å². The summed E-state index contributed by atoms with van der Waals surface area (Å²) in [4.78, 5) is 27.2. The summed E-state index contributed by atoms with van der Waals surface area (Å²) < 4.78 is 71.1. The molecule has 246 valence electrons. The molecule has 2 saturated heterocycles. The molecule has 12 nitrogen and oxygen atoms in total. The lowest BCUT2D eigenvalue weighted by atomic mass is 9.86. The van der Waals surface area contributed by atoms with Crippen LogP contribution in [-0.2, 0) is 19.6 Å². The fourth-order valence-corrected chi connectivity index (χ4v) is 7.74. The van der Waals surface area contributed by atoms with Gasteiger partial charge in [0.1, 0.15) is 16.3 Å². The van der Waals surface area contributed by atoms with Crippen molar-refractivity contribution >= 4 is 27.6 Å². The molecule has 5 rings (SSSR count). The van der Waals surface area contributed by atoms with E-state index in [2.05, 4.69) is 47.3 Å². The van der Waals surface area contributed by atoms with Gasteiger partial charge < -0.3 is 24.0 Å². The van der Waals surface area contributed by atoms with E-state index in [1.54, 1.807) is 13.8 Å². The average molecular weight is 656 g/mol. The largest absolute Gasteiger partial charge is 0.490 e. The Balaban J connectivity index is 0.000000591. The molecular weight excluding hydrogens is 619 g/mol. The van der Waals surface area contributed by atoms with Crippen molar-refractivity contribution in [2.75, 3.05) is 44.2 Å². The minimum atomic E-state index is -5.08. The summed E-state index contributed by atoms with van der Waals surface area (Å²) in [6.45, 7) is 13.9. The number of sulfonamides is 1. The van der Waals surface area contributed by atoms with Gasteiger partial charge in [0, 0.05) is 56.4 Å². The van der Waals surface area contributed by atoms with Gasteiger partial charge in [-0.05, 0) is 58.7 Å². The smallest absolute Gasteiger partial charge is 0.475 e. The van der Waals surface area contributed by atoms with Crippen LogP contribution in [0.2, 0.25) is 0 Å². The zero-order valence-electron chi connectivity index (χ0n) is 25.8. The third-order valence-corrected chi connectivity index (χ3v) is 10.2. The number of piperazine rings is 1. The van der Waals surface area contributed by atoms with E-state index in [4.69, 9.17) is 18.9 Å². The van der Waals surface area contributed by atoms with Crippen molar-refractivity contribution in [3.8, 4) is 0 Å². The molecule has 1 amide bonds. The first-order chi connectivity index (χ1) is 20.9. The highest BCUT2D eigenvalue weighted by molar-refractivity contribution is 7.89. The van der Waals surface area contributed by atoms with Gasteiger partial charge in [0.05, 0.1) is 11.6 Å². The van der Waals surface area contributed by atoms with Gasteiger partial charge >= 0.3 is 12.1 Å². The maximum absolute atomic E-state index is 14.0. The highest BCUT2D eigenvalue weighted by atomic mass is 32.2. The Morgan fingerprint density at radius 1 is 0.911 bits per heavy atom. The van der Waals surface area contributed by atoms with Crippen LogP contribution in [0.3, 0.4) is 0 Å². The topological polar surface area (TPSA) is 150 Å². The van der Waals surface area contributed by atoms with Crippen LogP contribution in [-0.4, -0.2) is 90.4 Å². The molecule has 2 atom stereocenters. The molecule has 1 aromatic carbocycles. The Morgan fingerprint density at radius 2 is 1.49 bits per heavy atom. The molecule has 4 heterocycles. The lowest BCUT2D eigenvalue weighted by molar-refractivity contribution is -0.192. The Bertz CT molecular complexity index is 1640. The van der Waals surface area contributed by atoms with Gasteiger partial charge in [0.2, 0.25) is 15.9 Å². The second-order valence-corrected chi connectivity index (χ2v) is 13.2. The second kappa shape index (κ2) is 12.8. The predicted octanol–water partition coefficient (Wildman–Crippen LogP) is 3.90. The van der Waals surface area contributed by atoms with Crippen molar-refractivity contribution in [1.82, 2.24) is 19.5 Å². The summed E-state index contributed by atoms with van der Waals surface area (Å²) in [6.07, 6.45) is -5.08. The maximum Gasteiger partial charge on any atom is 0.490 e. The molecule has 1 unspecified atom stereocenters. The van der Waals surface area contributed by atoms with E-state index < -0.39 is 28.1 Å². The first-order valence-corrected chi connectivity index (χ1v) is 15.6. The second-order valence-electron chi connectivity index (χ2n) is 11.3. The van der Waals surface area contributed by atoms with Gasteiger partial charge in [-0.3, -0.25) is 4.79 Å².